The highest BCUT2D eigenvalue weighted by Gasteiger charge is 2.46. The van der Waals surface area contributed by atoms with Crippen LogP contribution in [0.1, 0.15) is 33.1 Å². The van der Waals surface area contributed by atoms with Crippen LogP contribution in [0.3, 0.4) is 0 Å². The van der Waals surface area contributed by atoms with Gasteiger partial charge in [0.2, 0.25) is 0 Å². The van der Waals surface area contributed by atoms with Crippen molar-refractivity contribution >= 4 is 0 Å². The van der Waals surface area contributed by atoms with Crippen LogP contribution in [0, 0.1) is 5.92 Å². The molecule has 0 aromatic heterocycles. The zero-order chi connectivity index (χ0) is 8.77. The first kappa shape index (κ1) is 8.52. The van der Waals surface area contributed by atoms with Crippen molar-refractivity contribution in [1.82, 2.24) is 4.90 Å². The van der Waals surface area contributed by atoms with E-state index in [1.54, 1.807) is 0 Å². The SMILES string of the molecule is CC(C)N1CC2CCCC2(N)C1. The van der Waals surface area contributed by atoms with Crippen LogP contribution < -0.4 is 5.73 Å². The van der Waals surface area contributed by atoms with Gasteiger partial charge in [-0.15, -0.1) is 0 Å². The second kappa shape index (κ2) is 2.71. The number of fused-ring (bicyclic) bond motifs is 1. The van der Waals surface area contributed by atoms with Crippen LogP contribution >= 0.6 is 0 Å². The highest BCUT2D eigenvalue weighted by molar-refractivity contribution is 5.05. The lowest BCUT2D eigenvalue weighted by molar-refractivity contribution is 0.249. The third kappa shape index (κ3) is 1.17. The van der Waals surface area contributed by atoms with Crippen LogP contribution in [-0.4, -0.2) is 29.6 Å². The molecule has 1 saturated carbocycles. The fourth-order valence-electron chi connectivity index (χ4n) is 2.77. The lowest BCUT2D eigenvalue weighted by Gasteiger charge is -2.24. The van der Waals surface area contributed by atoms with Gasteiger partial charge in [0.15, 0.2) is 0 Å². The van der Waals surface area contributed by atoms with Crippen molar-refractivity contribution in [2.75, 3.05) is 13.1 Å². The predicted octanol–water partition coefficient (Wildman–Crippen LogP) is 1.21. The summed E-state index contributed by atoms with van der Waals surface area (Å²) in [6.07, 6.45) is 3.97. The van der Waals surface area contributed by atoms with Gasteiger partial charge in [0.05, 0.1) is 0 Å². The normalized spacial score (nSPS) is 42.5. The summed E-state index contributed by atoms with van der Waals surface area (Å²) in [5.41, 5.74) is 6.54. The third-order valence-electron chi connectivity index (χ3n) is 3.69. The van der Waals surface area contributed by atoms with Gasteiger partial charge >= 0.3 is 0 Å². The second-order valence-corrected chi connectivity index (χ2v) is 4.85. The summed E-state index contributed by atoms with van der Waals surface area (Å²) >= 11 is 0. The molecule has 2 rings (SSSR count). The summed E-state index contributed by atoms with van der Waals surface area (Å²) in [4.78, 5) is 2.53. The summed E-state index contributed by atoms with van der Waals surface area (Å²) < 4.78 is 0. The molecule has 2 N–H and O–H groups in total. The topological polar surface area (TPSA) is 29.3 Å². The molecular formula is C10H20N2. The summed E-state index contributed by atoms with van der Waals surface area (Å²) in [7, 11) is 0. The van der Waals surface area contributed by atoms with Gasteiger partial charge in [0.25, 0.3) is 0 Å². The molecule has 2 fully saturated rings. The summed E-state index contributed by atoms with van der Waals surface area (Å²) in [6.45, 7) is 6.91. The Labute approximate surface area is 75.1 Å². The summed E-state index contributed by atoms with van der Waals surface area (Å²) in [6, 6.07) is 0.677. The van der Waals surface area contributed by atoms with Gasteiger partial charge in [-0.2, -0.15) is 0 Å². The number of hydrogen-bond donors (Lipinski definition) is 1. The van der Waals surface area contributed by atoms with Crippen LogP contribution in [0.4, 0.5) is 0 Å². The minimum Gasteiger partial charge on any atom is -0.324 e. The maximum absolute atomic E-state index is 6.35. The molecule has 2 atom stereocenters. The Kier molecular flexibility index (Phi) is 1.92. The second-order valence-electron chi connectivity index (χ2n) is 4.85. The molecule has 2 heteroatoms. The molecule has 1 saturated heterocycles. The molecule has 0 aromatic carbocycles. The van der Waals surface area contributed by atoms with Crippen molar-refractivity contribution in [1.29, 1.82) is 0 Å². The number of likely N-dealkylation sites (tertiary alicyclic amines) is 1. The van der Waals surface area contributed by atoms with Gasteiger partial charge in [-0.1, -0.05) is 6.42 Å². The van der Waals surface area contributed by atoms with Gasteiger partial charge in [0, 0.05) is 24.7 Å². The van der Waals surface area contributed by atoms with Crippen molar-refractivity contribution in [3.8, 4) is 0 Å². The molecule has 0 spiro atoms. The van der Waals surface area contributed by atoms with Crippen molar-refractivity contribution < 1.29 is 0 Å². The van der Waals surface area contributed by atoms with E-state index in [0.29, 0.717) is 6.04 Å². The maximum Gasteiger partial charge on any atom is 0.0324 e. The number of nitrogens with two attached hydrogens (primary N) is 1. The van der Waals surface area contributed by atoms with Crippen LogP contribution in [0.15, 0.2) is 0 Å². The van der Waals surface area contributed by atoms with E-state index in [-0.39, 0.29) is 5.54 Å². The number of rotatable bonds is 1. The maximum atomic E-state index is 6.35. The Morgan fingerprint density at radius 3 is 2.83 bits per heavy atom. The molecule has 2 nitrogen and oxygen atoms in total. The van der Waals surface area contributed by atoms with Gasteiger partial charge in [-0.05, 0) is 32.6 Å². The lowest BCUT2D eigenvalue weighted by atomic mass is 9.92. The Bertz CT molecular complexity index is 179. The highest BCUT2D eigenvalue weighted by atomic mass is 15.2. The molecule has 0 amide bonds. The number of nitrogens with zero attached hydrogens (tertiary/aromatic N) is 1. The Morgan fingerprint density at radius 1 is 1.50 bits per heavy atom. The molecule has 1 aliphatic heterocycles. The first-order valence-corrected chi connectivity index (χ1v) is 5.15. The Balaban J connectivity index is 2.06. The molecule has 0 aromatic rings. The minimum atomic E-state index is 0.185. The smallest absolute Gasteiger partial charge is 0.0324 e. The Hall–Kier alpha value is -0.0800. The zero-order valence-corrected chi connectivity index (χ0v) is 8.21. The first-order valence-electron chi connectivity index (χ1n) is 5.15. The summed E-state index contributed by atoms with van der Waals surface area (Å²) in [5.74, 6) is 0.792. The van der Waals surface area contributed by atoms with E-state index in [9.17, 15) is 0 Å². The average molecular weight is 168 g/mol. The van der Waals surface area contributed by atoms with Crippen molar-refractivity contribution in [2.24, 2.45) is 11.7 Å². The van der Waals surface area contributed by atoms with Crippen LogP contribution in [0.25, 0.3) is 0 Å². The average Bonchev–Trinajstić information content (AvgIpc) is 2.41. The first-order chi connectivity index (χ1) is 5.62. The van der Waals surface area contributed by atoms with Crippen molar-refractivity contribution in [3.05, 3.63) is 0 Å². The predicted molar refractivity (Wildman–Crippen MR) is 51.0 cm³/mol. The third-order valence-corrected chi connectivity index (χ3v) is 3.69. The molecule has 0 bridgehead atoms. The molecule has 0 radical (unpaired) electrons. The van der Waals surface area contributed by atoms with E-state index in [1.807, 2.05) is 0 Å². The largest absolute Gasteiger partial charge is 0.324 e. The van der Waals surface area contributed by atoms with E-state index in [4.69, 9.17) is 5.73 Å². The van der Waals surface area contributed by atoms with Crippen LogP contribution in [0.2, 0.25) is 0 Å². The van der Waals surface area contributed by atoms with E-state index >= 15 is 0 Å². The van der Waals surface area contributed by atoms with Gasteiger partial charge in [-0.3, -0.25) is 4.90 Å². The van der Waals surface area contributed by atoms with E-state index in [0.717, 1.165) is 12.5 Å². The molecule has 1 aliphatic carbocycles. The highest BCUT2D eigenvalue weighted by Crippen LogP contribution is 2.40. The molecule has 2 aliphatic rings. The standard InChI is InChI=1S/C10H20N2/c1-8(2)12-6-9-4-3-5-10(9,11)7-12/h8-9H,3-7,11H2,1-2H3. The molecule has 70 valence electrons. The van der Waals surface area contributed by atoms with Gasteiger partial charge < -0.3 is 5.73 Å². The quantitative estimate of drug-likeness (QED) is 0.637. The van der Waals surface area contributed by atoms with E-state index in [1.165, 1.54) is 25.8 Å². The van der Waals surface area contributed by atoms with Gasteiger partial charge in [0.1, 0.15) is 0 Å². The van der Waals surface area contributed by atoms with Gasteiger partial charge in [-0.25, -0.2) is 0 Å². The monoisotopic (exact) mass is 168 g/mol. The fraction of sp³-hybridized carbons (Fsp3) is 1.00. The van der Waals surface area contributed by atoms with E-state index < -0.39 is 0 Å². The van der Waals surface area contributed by atoms with Crippen molar-refractivity contribution in [2.45, 2.75) is 44.7 Å². The molecule has 12 heavy (non-hydrogen) atoms. The lowest BCUT2D eigenvalue weighted by Crippen LogP contribution is -2.44. The van der Waals surface area contributed by atoms with E-state index in [2.05, 4.69) is 18.7 Å². The van der Waals surface area contributed by atoms with Crippen LogP contribution in [-0.2, 0) is 0 Å². The minimum absolute atomic E-state index is 0.185. The Morgan fingerprint density at radius 2 is 2.25 bits per heavy atom. The molecule has 1 heterocycles. The number of hydrogen-bond acceptors (Lipinski definition) is 2. The van der Waals surface area contributed by atoms with Crippen LogP contribution in [0.5, 0.6) is 0 Å². The fourth-order valence-corrected chi connectivity index (χ4v) is 2.77. The molecule has 2 unspecified atom stereocenters. The van der Waals surface area contributed by atoms with Crippen molar-refractivity contribution in [3.63, 3.8) is 0 Å². The zero-order valence-electron chi connectivity index (χ0n) is 8.21. The molecular weight excluding hydrogens is 148 g/mol. The summed E-state index contributed by atoms with van der Waals surface area (Å²) in [5, 5.41) is 0.